The molecule has 0 aliphatic carbocycles. The lowest BCUT2D eigenvalue weighted by atomic mass is 10.1. The Hall–Kier alpha value is -2.86. The molecule has 0 unspecified atom stereocenters. The SMILES string of the molecule is CC(C)(C)OC(=O)c1ccccc1C#Cc1ccccc1C=O. The second-order valence-corrected chi connectivity index (χ2v) is 6.00. The summed E-state index contributed by atoms with van der Waals surface area (Å²) in [5.74, 6) is 5.50. The van der Waals surface area contributed by atoms with Crippen LogP contribution in [0.1, 0.15) is 52.6 Å². The molecular formula is C20H18O3. The van der Waals surface area contributed by atoms with Crippen LogP contribution in [0.5, 0.6) is 0 Å². The van der Waals surface area contributed by atoms with Crippen LogP contribution in [0.25, 0.3) is 0 Å². The average molecular weight is 306 g/mol. The van der Waals surface area contributed by atoms with Gasteiger partial charge in [0.1, 0.15) is 5.60 Å². The fourth-order valence-corrected chi connectivity index (χ4v) is 1.95. The third kappa shape index (κ3) is 4.55. The van der Waals surface area contributed by atoms with Gasteiger partial charge in [-0.05, 0) is 39.0 Å². The van der Waals surface area contributed by atoms with E-state index in [1.54, 1.807) is 36.4 Å². The summed E-state index contributed by atoms with van der Waals surface area (Å²) in [5.41, 5.74) is 1.57. The van der Waals surface area contributed by atoms with Crippen molar-refractivity contribution < 1.29 is 14.3 Å². The molecule has 3 heteroatoms. The highest BCUT2D eigenvalue weighted by Gasteiger charge is 2.19. The van der Waals surface area contributed by atoms with Gasteiger partial charge < -0.3 is 4.74 Å². The van der Waals surface area contributed by atoms with Crippen molar-refractivity contribution in [1.82, 2.24) is 0 Å². The molecule has 0 N–H and O–H groups in total. The number of carbonyl (C=O) groups is 2. The molecule has 2 rings (SSSR count). The first-order chi connectivity index (χ1) is 10.9. The molecule has 0 fully saturated rings. The molecule has 23 heavy (non-hydrogen) atoms. The van der Waals surface area contributed by atoms with Gasteiger partial charge in [0.2, 0.25) is 0 Å². The number of hydrogen-bond acceptors (Lipinski definition) is 3. The van der Waals surface area contributed by atoms with Gasteiger partial charge in [0.15, 0.2) is 6.29 Å². The molecule has 2 aromatic rings. The van der Waals surface area contributed by atoms with Gasteiger partial charge >= 0.3 is 5.97 Å². The van der Waals surface area contributed by atoms with Gasteiger partial charge in [-0.2, -0.15) is 0 Å². The van der Waals surface area contributed by atoms with Crippen molar-refractivity contribution in [3.63, 3.8) is 0 Å². The normalized spacial score (nSPS) is 10.4. The summed E-state index contributed by atoms with van der Waals surface area (Å²) in [7, 11) is 0. The lowest BCUT2D eigenvalue weighted by molar-refractivity contribution is 0.00692. The minimum atomic E-state index is -0.568. The maximum atomic E-state index is 12.3. The average Bonchev–Trinajstić information content (AvgIpc) is 2.51. The van der Waals surface area contributed by atoms with Gasteiger partial charge in [-0.25, -0.2) is 4.79 Å². The van der Waals surface area contributed by atoms with Crippen LogP contribution in [0.3, 0.4) is 0 Å². The fraction of sp³-hybridized carbons (Fsp3) is 0.200. The molecule has 116 valence electrons. The Morgan fingerprint density at radius 1 is 0.957 bits per heavy atom. The van der Waals surface area contributed by atoms with Crippen LogP contribution in [0.2, 0.25) is 0 Å². The van der Waals surface area contributed by atoms with E-state index >= 15 is 0 Å². The monoisotopic (exact) mass is 306 g/mol. The summed E-state index contributed by atoms with van der Waals surface area (Å²) in [6.07, 6.45) is 0.768. The van der Waals surface area contributed by atoms with Gasteiger partial charge in [0.05, 0.1) is 5.56 Å². The van der Waals surface area contributed by atoms with E-state index in [9.17, 15) is 9.59 Å². The van der Waals surface area contributed by atoms with Crippen molar-refractivity contribution in [2.75, 3.05) is 0 Å². The van der Waals surface area contributed by atoms with Crippen molar-refractivity contribution in [3.8, 4) is 11.8 Å². The summed E-state index contributed by atoms with van der Waals surface area (Å²) < 4.78 is 5.40. The van der Waals surface area contributed by atoms with Crippen LogP contribution in [0.15, 0.2) is 48.5 Å². The quantitative estimate of drug-likeness (QED) is 0.481. The summed E-state index contributed by atoms with van der Waals surface area (Å²) in [4.78, 5) is 23.3. The Bertz CT molecular complexity index is 786. The second kappa shape index (κ2) is 6.93. The van der Waals surface area contributed by atoms with Crippen molar-refractivity contribution in [1.29, 1.82) is 0 Å². The second-order valence-electron chi connectivity index (χ2n) is 6.00. The molecule has 3 nitrogen and oxygen atoms in total. The number of ether oxygens (including phenoxy) is 1. The highest BCUT2D eigenvalue weighted by Crippen LogP contribution is 2.15. The zero-order valence-corrected chi connectivity index (χ0v) is 13.4. The van der Waals surface area contributed by atoms with Crippen molar-refractivity contribution in [2.24, 2.45) is 0 Å². The molecule has 0 saturated carbocycles. The maximum Gasteiger partial charge on any atom is 0.339 e. The van der Waals surface area contributed by atoms with Gasteiger partial charge in [0, 0.05) is 16.7 Å². The number of benzene rings is 2. The first kappa shape index (κ1) is 16.5. The highest BCUT2D eigenvalue weighted by atomic mass is 16.6. The summed E-state index contributed by atoms with van der Waals surface area (Å²) in [6, 6.07) is 14.1. The third-order valence-electron chi connectivity index (χ3n) is 2.97. The minimum Gasteiger partial charge on any atom is -0.456 e. The Labute approximate surface area is 136 Å². The van der Waals surface area contributed by atoms with E-state index in [1.165, 1.54) is 0 Å². The first-order valence-electron chi connectivity index (χ1n) is 7.29. The number of hydrogen-bond donors (Lipinski definition) is 0. The number of rotatable bonds is 2. The van der Waals surface area contributed by atoms with Crippen LogP contribution in [-0.4, -0.2) is 17.9 Å². The molecule has 0 spiro atoms. The first-order valence-corrected chi connectivity index (χ1v) is 7.29. The Kier molecular flexibility index (Phi) is 4.98. The smallest absolute Gasteiger partial charge is 0.339 e. The van der Waals surface area contributed by atoms with Crippen molar-refractivity contribution >= 4 is 12.3 Å². The van der Waals surface area contributed by atoms with Gasteiger partial charge in [-0.3, -0.25) is 4.79 Å². The van der Waals surface area contributed by atoms with Crippen LogP contribution < -0.4 is 0 Å². The van der Waals surface area contributed by atoms with Gasteiger partial charge in [-0.1, -0.05) is 42.2 Å². The van der Waals surface area contributed by atoms with Gasteiger partial charge in [-0.15, -0.1) is 0 Å². The molecule has 0 bridgehead atoms. The van der Waals surface area contributed by atoms with Crippen LogP contribution in [0.4, 0.5) is 0 Å². The Morgan fingerprint density at radius 2 is 1.52 bits per heavy atom. The van der Waals surface area contributed by atoms with E-state index in [-0.39, 0.29) is 0 Å². The van der Waals surface area contributed by atoms with E-state index in [2.05, 4.69) is 11.8 Å². The zero-order valence-electron chi connectivity index (χ0n) is 13.4. The lowest BCUT2D eigenvalue weighted by Gasteiger charge is -2.19. The summed E-state index contributed by atoms with van der Waals surface area (Å²) in [5, 5.41) is 0. The summed E-state index contributed by atoms with van der Waals surface area (Å²) >= 11 is 0. The Balaban J connectivity index is 2.38. The van der Waals surface area contributed by atoms with E-state index in [0.29, 0.717) is 22.3 Å². The van der Waals surface area contributed by atoms with Crippen LogP contribution in [-0.2, 0) is 4.74 Å². The van der Waals surface area contributed by atoms with Crippen LogP contribution in [0, 0.1) is 11.8 Å². The Morgan fingerprint density at radius 3 is 2.17 bits per heavy atom. The molecule has 0 heterocycles. The topological polar surface area (TPSA) is 43.4 Å². The molecule has 2 aromatic carbocycles. The molecule has 0 aliphatic heterocycles. The predicted octanol–water partition coefficient (Wildman–Crippen LogP) is 3.85. The fourth-order valence-electron chi connectivity index (χ4n) is 1.95. The lowest BCUT2D eigenvalue weighted by Crippen LogP contribution is -2.24. The van der Waals surface area contributed by atoms with Gasteiger partial charge in [0.25, 0.3) is 0 Å². The van der Waals surface area contributed by atoms with Crippen LogP contribution >= 0.6 is 0 Å². The standard InChI is InChI=1S/C20H18O3/c1-20(2,3)23-19(22)18-11-7-6-9-16(18)13-12-15-8-4-5-10-17(15)14-21/h4-11,14H,1-3H3. The largest absolute Gasteiger partial charge is 0.456 e. The number of esters is 1. The molecule has 0 aromatic heterocycles. The van der Waals surface area contributed by atoms with Crippen molar-refractivity contribution in [2.45, 2.75) is 26.4 Å². The molecule has 0 saturated heterocycles. The molecular weight excluding hydrogens is 288 g/mol. The molecule has 0 radical (unpaired) electrons. The molecule has 0 aliphatic rings. The van der Waals surface area contributed by atoms with E-state index in [4.69, 9.17) is 4.74 Å². The number of carbonyl (C=O) groups excluding carboxylic acids is 2. The van der Waals surface area contributed by atoms with E-state index in [1.807, 2.05) is 32.9 Å². The summed E-state index contributed by atoms with van der Waals surface area (Å²) in [6.45, 7) is 5.46. The third-order valence-corrected chi connectivity index (χ3v) is 2.97. The molecule has 0 amide bonds. The van der Waals surface area contributed by atoms with E-state index < -0.39 is 11.6 Å². The zero-order chi connectivity index (χ0) is 16.9. The van der Waals surface area contributed by atoms with Crippen molar-refractivity contribution in [3.05, 3.63) is 70.8 Å². The predicted molar refractivity (Wildman–Crippen MR) is 89.4 cm³/mol. The maximum absolute atomic E-state index is 12.3. The number of aldehydes is 1. The van der Waals surface area contributed by atoms with E-state index in [0.717, 1.165) is 6.29 Å². The highest BCUT2D eigenvalue weighted by molar-refractivity contribution is 5.92. The minimum absolute atomic E-state index is 0.411. The molecule has 0 atom stereocenters.